The van der Waals surface area contributed by atoms with E-state index in [1.165, 1.54) is 12.1 Å². The molecule has 0 unspecified atom stereocenters. The smallest absolute Gasteiger partial charge is 0.383 e. The van der Waals surface area contributed by atoms with Crippen LogP contribution in [0.5, 0.6) is 0 Å². The molecule has 0 radical (unpaired) electrons. The molecule has 0 aliphatic carbocycles. The summed E-state index contributed by atoms with van der Waals surface area (Å²) in [5.41, 5.74) is 8.44. The summed E-state index contributed by atoms with van der Waals surface area (Å²) in [5.74, 6) is 0.0480. The number of nitrogen functional groups attached to an aromatic ring is 1. The summed E-state index contributed by atoms with van der Waals surface area (Å²) in [6.07, 6.45) is -4.42. The van der Waals surface area contributed by atoms with Gasteiger partial charge in [-0.1, -0.05) is 42.5 Å². The predicted molar refractivity (Wildman–Crippen MR) is 94.0 cm³/mol. The van der Waals surface area contributed by atoms with E-state index in [9.17, 15) is 18.4 Å². The summed E-state index contributed by atoms with van der Waals surface area (Å²) in [4.78, 5) is 4.33. The maximum Gasteiger partial charge on any atom is 0.416 e. The SMILES string of the molecule is Cc1c(-c2ccccc2)nc(N)c(C#N)c1-c1ccc(C(F)(F)F)cc1. The van der Waals surface area contributed by atoms with Crippen LogP contribution in [-0.2, 0) is 6.18 Å². The highest BCUT2D eigenvalue weighted by Crippen LogP contribution is 2.37. The van der Waals surface area contributed by atoms with Crippen LogP contribution in [-0.4, -0.2) is 4.98 Å². The molecule has 3 nitrogen and oxygen atoms in total. The van der Waals surface area contributed by atoms with Crippen molar-refractivity contribution in [1.29, 1.82) is 5.26 Å². The standard InChI is InChI=1S/C20H14F3N3/c1-12-17(13-7-9-15(10-8-13)20(21,22)23)16(11-24)19(25)26-18(12)14-5-3-2-4-6-14/h2-10H,1H3,(H2,25,26). The van der Waals surface area contributed by atoms with E-state index in [0.717, 1.165) is 17.7 Å². The lowest BCUT2D eigenvalue weighted by molar-refractivity contribution is -0.137. The van der Waals surface area contributed by atoms with E-state index in [0.29, 0.717) is 22.4 Å². The summed E-state index contributed by atoms with van der Waals surface area (Å²) >= 11 is 0. The first kappa shape index (κ1) is 17.5. The molecule has 2 N–H and O–H groups in total. The number of halogens is 3. The van der Waals surface area contributed by atoms with Crippen molar-refractivity contribution in [2.45, 2.75) is 13.1 Å². The molecule has 0 bridgehead atoms. The lowest BCUT2D eigenvalue weighted by Gasteiger charge is -2.15. The Kier molecular flexibility index (Phi) is 4.39. The summed E-state index contributed by atoms with van der Waals surface area (Å²) in [6, 6.07) is 16.0. The van der Waals surface area contributed by atoms with E-state index >= 15 is 0 Å². The van der Waals surface area contributed by atoms with Crippen molar-refractivity contribution >= 4 is 5.82 Å². The second kappa shape index (κ2) is 6.52. The molecular weight excluding hydrogens is 339 g/mol. The van der Waals surface area contributed by atoms with Gasteiger partial charge >= 0.3 is 6.18 Å². The van der Waals surface area contributed by atoms with Crippen molar-refractivity contribution in [1.82, 2.24) is 4.98 Å². The summed E-state index contributed by atoms with van der Waals surface area (Å²) in [5, 5.41) is 9.48. The Labute approximate surface area is 148 Å². The van der Waals surface area contributed by atoms with Gasteiger partial charge in [-0.15, -0.1) is 0 Å². The topological polar surface area (TPSA) is 62.7 Å². The molecule has 2 aromatic carbocycles. The van der Waals surface area contributed by atoms with E-state index in [4.69, 9.17) is 5.73 Å². The second-order valence-electron chi connectivity index (χ2n) is 5.77. The fourth-order valence-corrected chi connectivity index (χ4v) is 2.87. The van der Waals surface area contributed by atoms with Crippen LogP contribution in [0, 0.1) is 18.3 Å². The Hall–Kier alpha value is -3.33. The van der Waals surface area contributed by atoms with Crippen LogP contribution >= 0.6 is 0 Å². The van der Waals surface area contributed by atoms with E-state index in [2.05, 4.69) is 4.98 Å². The lowest BCUT2D eigenvalue weighted by Crippen LogP contribution is -2.05. The van der Waals surface area contributed by atoms with Gasteiger partial charge in [0.15, 0.2) is 0 Å². The maximum absolute atomic E-state index is 12.8. The van der Waals surface area contributed by atoms with Crippen molar-refractivity contribution in [2.75, 3.05) is 5.73 Å². The quantitative estimate of drug-likeness (QED) is 0.689. The highest BCUT2D eigenvalue weighted by Gasteiger charge is 2.30. The average molecular weight is 353 g/mol. The third-order valence-corrected chi connectivity index (χ3v) is 4.13. The Morgan fingerprint density at radius 3 is 2.12 bits per heavy atom. The highest BCUT2D eigenvalue weighted by molar-refractivity contribution is 5.84. The van der Waals surface area contributed by atoms with Crippen LogP contribution in [0.15, 0.2) is 54.6 Å². The summed E-state index contributed by atoms with van der Waals surface area (Å²) in [7, 11) is 0. The van der Waals surface area contributed by atoms with Gasteiger partial charge in [0.2, 0.25) is 0 Å². The minimum atomic E-state index is -4.42. The fraction of sp³-hybridized carbons (Fsp3) is 0.100. The van der Waals surface area contributed by atoms with Crippen molar-refractivity contribution in [3.8, 4) is 28.5 Å². The van der Waals surface area contributed by atoms with Gasteiger partial charge in [-0.25, -0.2) is 4.98 Å². The number of pyridine rings is 1. The van der Waals surface area contributed by atoms with Gasteiger partial charge in [0, 0.05) is 11.1 Å². The second-order valence-corrected chi connectivity index (χ2v) is 5.77. The van der Waals surface area contributed by atoms with Gasteiger partial charge in [-0.2, -0.15) is 18.4 Å². The van der Waals surface area contributed by atoms with Crippen LogP contribution < -0.4 is 5.73 Å². The Morgan fingerprint density at radius 1 is 0.962 bits per heavy atom. The number of aromatic nitrogens is 1. The van der Waals surface area contributed by atoms with Crippen LogP contribution in [0.4, 0.5) is 19.0 Å². The molecule has 1 aromatic heterocycles. The number of nitrogens with zero attached hydrogens (tertiary/aromatic N) is 2. The molecule has 3 rings (SSSR count). The van der Waals surface area contributed by atoms with E-state index in [1.807, 2.05) is 36.4 Å². The normalized spacial score (nSPS) is 11.2. The monoisotopic (exact) mass is 353 g/mol. The zero-order valence-electron chi connectivity index (χ0n) is 13.8. The third-order valence-electron chi connectivity index (χ3n) is 4.13. The van der Waals surface area contributed by atoms with Gasteiger partial charge in [0.1, 0.15) is 17.5 Å². The molecular formula is C20H14F3N3. The Bertz CT molecular complexity index is 986. The molecule has 26 heavy (non-hydrogen) atoms. The first-order valence-electron chi connectivity index (χ1n) is 7.76. The molecule has 0 aliphatic rings. The largest absolute Gasteiger partial charge is 0.416 e. The van der Waals surface area contributed by atoms with Gasteiger partial charge < -0.3 is 5.73 Å². The molecule has 0 saturated heterocycles. The summed E-state index contributed by atoms with van der Waals surface area (Å²) < 4.78 is 38.4. The molecule has 3 aromatic rings. The van der Waals surface area contributed by atoms with Gasteiger partial charge in [0.05, 0.1) is 11.3 Å². The number of benzene rings is 2. The number of hydrogen-bond acceptors (Lipinski definition) is 3. The van der Waals surface area contributed by atoms with Crippen molar-refractivity contribution in [3.05, 3.63) is 71.3 Å². The van der Waals surface area contributed by atoms with Crippen molar-refractivity contribution in [2.24, 2.45) is 0 Å². The van der Waals surface area contributed by atoms with Crippen LogP contribution in [0.1, 0.15) is 16.7 Å². The molecule has 0 amide bonds. The maximum atomic E-state index is 12.8. The molecule has 0 aliphatic heterocycles. The molecule has 130 valence electrons. The molecule has 0 atom stereocenters. The molecule has 0 spiro atoms. The zero-order chi connectivity index (χ0) is 18.9. The molecule has 0 saturated carbocycles. The Morgan fingerprint density at radius 2 is 1.58 bits per heavy atom. The number of nitrogens with two attached hydrogens (primary N) is 1. The Balaban J connectivity index is 2.23. The lowest BCUT2D eigenvalue weighted by atomic mass is 9.92. The molecule has 0 fully saturated rings. The van der Waals surface area contributed by atoms with E-state index in [1.54, 1.807) is 6.92 Å². The first-order valence-corrected chi connectivity index (χ1v) is 7.76. The van der Waals surface area contributed by atoms with Crippen molar-refractivity contribution < 1.29 is 13.2 Å². The number of hydrogen-bond donors (Lipinski definition) is 1. The third kappa shape index (κ3) is 3.11. The minimum absolute atomic E-state index is 0.0480. The van der Waals surface area contributed by atoms with Crippen LogP contribution in [0.3, 0.4) is 0 Å². The number of nitriles is 1. The first-order chi connectivity index (χ1) is 12.3. The van der Waals surface area contributed by atoms with E-state index < -0.39 is 11.7 Å². The molecule has 1 heterocycles. The fourth-order valence-electron chi connectivity index (χ4n) is 2.87. The molecule has 6 heteroatoms. The van der Waals surface area contributed by atoms with Crippen LogP contribution in [0.2, 0.25) is 0 Å². The van der Waals surface area contributed by atoms with E-state index in [-0.39, 0.29) is 11.4 Å². The zero-order valence-corrected chi connectivity index (χ0v) is 13.8. The minimum Gasteiger partial charge on any atom is -0.383 e. The number of rotatable bonds is 2. The number of alkyl halides is 3. The average Bonchev–Trinajstić information content (AvgIpc) is 2.63. The van der Waals surface area contributed by atoms with Gasteiger partial charge in [-0.3, -0.25) is 0 Å². The van der Waals surface area contributed by atoms with Crippen molar-refractivity contribution in [3.63, 3.8) is 0 Å². The summed E-state index contributed by atoms with van der Waals surface area (Å²) in [6.45, 7) is 1.78. The number of anilines is 1. The highest BCUT2D eigenvalue weighted by atomic mass is 19.4. The van der Waals surface area contributed by atoms with Crippen LogP contribution in [0.25, 0.3) is 22.4 Å². The van der Waals surface area contributed by atoms with Gasteiger partial charge in [-0.05, 0) is 30.2 Å². The van der Waals surface area contributed by atoms with Gasteiger partial charge in [0.25, 0.3) is 0 Å². The predicted octanol–water partition coefficient (Wildman–Crippen LogP) is 5.20.